The number of carbonyl (C=O) groups excluding carboxylic acids is 4. The molecule has 10 heteroatoms. The molecule has 0 saturated carbocycles. The number of carboxylic acid groups (broad SMARTS) is 1. The number of hydrogen-bond donors (Lipinski definition) is 3. The third-order valence-corrected chi connectivity index (χ3v) is 4.79. The number of nitrogens with zero attached hydrogens (tertiary/aromatic N) is 1. The Balaban J connectivity index is 1.58. The Labute approximate surface area is 163 Å². The van der Waals surface area contributed by atoms with Crippen molar-refractivity contribution >= 4 is 35.3 Å². The monoisotopic (exact) mass is 397 g/mol. The molecule has 10 nitrogen and oxygen atoms in total. The molecule has 2 aliphatic heterocycles. The van der Waals surface area contributed by atoms with Crippen LogP contribution in [0, 0.1) is 0 Å². The van der Waals surface area contributed by atoms with E-state index < -0.39 is 35.6 Å². The lowest BCUT2D eigenvalue weighted by molar-refractivity contribution is -0.136. The van der Waals surface area contributed by atoms with Crippen LogP contribution in [0.2, 0.25) is 0 Å². The molecule has 29 heavy (non-hydrogen) atoms. The van der Waals surface area contributed by atoms with Crippen LogP contribution >= 0.6 is 0 Å². The first-order valence-corrected chi connectivity index (χ1v) is 8.77. The van der Waals surface area contributed by atoms with Gasteiger partial charge in [0.15, 0.2) is 0 Å². The number of fused-ring (bicyclic) bond motifs is 1. The van der Waals surface area contributed by atoms with Crippen molar-refractivity contribution in [3.8, 4) is 0 Å². The summed E-state index contributed by atoms with van der Waals surface area (Å²) in [7, 11) is 0. The number of anilines is 1. The van der Waals surface area contributed by atoms with Gasteiger partial charge in [0.2, 0.25) is 17.6 Å². The first-order chi connectivity index (χ1) is 13.9. The normalized spacial score (nSPS) is 18.6. The highest BCUT2D eigenvalue weighted by Gasteiger charge is 2.45. The molecular formula is C19H15N3O7. The molecule has 0 spiro atoms. The fourth-order valence-electron chi connectivity index (χ4n) is 3.43. The number of nitrogens with one attached hydrogen (secondary N) is 2. The van der Waals surface area contributed by atoms with Gasteiger partial charge in [-0.25, -0.2) is 4.79 Å². The molecular weight excluding hydrogens is 382 g/mol. The molecule has 1 saturated heterocycles. The summed E-state index contributed by atoms with van der Waals surface area (Å²) in [5.41, 5.74) is 0.617. The first-order valence-electron chi connectivity index (χ1n) is 8.77. The van der Waals surface area contributed by atoms with Crippen molar-refractivity contribution in [1.82, 2.24) is 10.2 Å². The number of imide groups is 2. The quantitative estimate of drug-likeness (QED) is 0.633. The topological polar surface area (TPSA) is 146 Å². The van der Waals surface area contributed by atoms with E-state index in [-0.39, 0.29) is 36.3 Å². The van der Waals surface area contributed by atoms with Crippen molar-refractivity contribution in [3.63, 3.8) is 0 Å². The Bertz CT molecular complexity index is 1070. The summed E-state index contributed by atoms with van der Waals surface area (Å²) < 4.78 is 5.17. The average Bonchev–Trinajstić information content (AvgIpc) is 3.25. The van der Waals surface area contributed by atoms with Gasteiger partial charge in [0.1, 0.15) is 11.8 Å². The molecule has 1 fully saturated rings. The van der Waals surface area contributed by atoms with Gasteiger partial charge in [0, 0.05) is 12.1 Å². The molecule has 148 valence electrons. The summed E-state index contributed by atoms with van der Waals surface area (Å²) in [6, 6.07) is 6.43. The van der Waals surface area contributed by atoms with E-state index in [0.29, 0.717) is 11.4 Å². The maximum atomic E-state index is 13.0. The number of amides is 4. The van der Waals surface area contributed by atoms with Crippen LogP contribution in [0.1, 0.15) is 49.9 Å². The second kappa shape index (κ2) is 6.89. The Morgan fingerprint density at radius 2 is 1.97 bits per heavy atom. The third-order valence-electron chi connectivity index (χ3n) is 4.79. The average molecular weight is 397 g/mol. The summed E-state index contributed by atoms with van der Waals surface area (Å²) >= 11 is 0. The Hall–Kier alpha value is -3.95. The van der Waals surface area contributed by atoms with E-state index in [1.807, 2.05) is 0 Å². The highest BCUT2D eigenvalue weighted by molar-refractivity contribution is 6.25. The van der Waals surface area contributed by atoms with Crippen LogP contribution in [0.3, 0.4) is 0 Å². The van der Waals surface area contributed by atoms with Crippen molar-refractivity contribution in [2.75, 3.05) is 5.32 Å². The van der Waals surface area contributed by atoms with Gasteiger partial charge >= 0.3 is 5.97 Å². The van der Waals surface area contributed by atoms with Crippen LogP contribution < -0.4 is 10.6 Å². The molecule has 2 aliphatic rings. The second-order valence-corrected chi connectivity index (χ2v) is 6.60. The van der Waals surface area contributed by atoms with E-state index >= 15 is 0 Å². The molecule has 3 heterocycles. The van der Waals surface area contributed by atoms with Crippen LogP contribution in [-0.4, -0.2) is 45.6 Å². The largest absolute Gasteiger partial charge is 0.475 e. The number of rotatable bonds is 5. The zero-order valence-corrected chi connectivity index (χ0v) is 14.9. The number of carboxylic acids is 1. The van der Waals surface area contributed by atoms with E-state index in [2.05, 4.69) is 10.6 Å². The first kappa shape index (κ1) is 18.4. The zero-order chi connectivity index (χ0) is 20.7. The molecule has 1 aromatic heterocycles. The minimum Gasteiger partial charge on any atom is -0.475 e. The van der Waals surface area contributed by atoms with Gasteiger partial charge in [0.25, 0.3) is 11.8 Å². The molecule has 3 N–H and O–H groups in total. The standard InChI is InChI=1S/C19H15N3O7/c23-14-7-5-12(16(24)21-14)22-17(25)10-2-1-3-11(15(10)18(22)26)20-8-9-4-6-13(29-9)19(27)28/h1-4,6,12,20H,5,7-8H2,(H,27,28)(H,21,23,24). The summed E-state index contributed by atoms with van der Waals surface area (Å²) in [5, 5.41) is 14.0. The third kappa shape index (κ3) is 3.14. The summed E-state index contributed by atoms with van der Waals surface area (Å²) in [6.07, 6.45) is 0.114. The van der Waals surface area contributed by atoms with Crippen LogP contribution in [0.5, 0.6) is 0 Å². The second-order valence-electron chi connectivity index (χ2n) is 6.60. The van der Waals surface area contributed by atoms with E-state index in [9.17, 15) is 24.0 Å². The van der Waals surface area contributed by atoms with Crippen LogP contribution in [0.25, 0.3) is 0 Å². The highest BCUT2D eigenvalue weighted by atomic mass is 16.4. The van der Waals surface area contributed by atoms with E-state index in [0.717, 1.165) is 4.90 Å². The molecule has 1 aromatic carbocycles. The van der Waals surface area contributed by atoms with Crippen molar-refractivity contribution in [2.24, 2.45) is 0 Å². The van der Waals surface area contributed by atoms with Gasteiger partial charge in [-0.15, -0.1) is 0 Å². The Morgan fingerprint density at radius 1 is 1.17 bits per heavy atom. The van der Waals surface area contributed by atoms with Crippen molar-refractivity contribution in [3.05, 3.63) is 53.0 Å². The smallest absolute Gasteiger partial charge is 0.371 e. The summed E-state index contributed by atoms with van der Waals surface area (Å²) in [6.45, 7) is 0.0869. The van der Waals surface area contributed by atoms with Crippen molar-refractivity contribution in [2.45, 2.75) is 25.4 Å². The number of aromatic carboxylic acids is 1. The summed E-state index contributed by atoms with van der Waals surface area (Å²) in [5.74, 6) is -3.43. The zero-order valence-electron chi connectivity index (χ0n) is 14.9. The van der Waals surface area contributed by atoms with E-state index in [4.69, 9.17) is 9.52 Å². The maximum Gasteiger partial charge on any atom is 0.371 e. The predicted molar refractivity (Wildman–Crippen MR) is 96.1 cm³/mol. The Kier molecular flexibility index (Phi) is 4.38. The number of piperidine rings is 1. The van der Waals surface area contributed by atoms with E-state index in [1.165, 1.54) is 18.2 Å². The van der Waals surface area contributed by atoms with Gasteiger partial charge in [0.05, 0.1) is 17.7 Å². The number of furan rings is 1. The highest BCUT2D eigenvalue weighted by Crippen LogP contribution is 2.32. The van der Waals surface area contributed by atoms with Gasteiger partial charge in [-0.1, -0.05) is 6.07 Å². The van der Waals surface area contributed by atoms with Crippen LogP contribution in [0.15, 0.2) is 34.7 Å². The minimum absolute atomic E-state index is 0.0410. The fourth-order valence-corrected chi connectivity index (χ4v) is 3.43. The van der Waals surface area contributed by atoms with Gasteiger partial charge in [-0.2, -0.15) is 0 Å². The van der Waals surface area contributed by atoms with Crippen LogP contribution in [0.4, 0.5) is 5.69 Å². The molecule has 1 unspecified atom stereocenters. The van der Waals surface area contributed by atoms with Gasteiger partial charge in [-0.05, 0) is 30.7 Å². The maximum absolute atomic E-state index is 13.0. The lowest BCUT2D eigenvalue weighted by atomic mass is 10.0. The SMILES string of the molecule is O=C1CCC(N2C(=O)c3cccc(NCc4ccc(C(=O)O)o4)c3C2=O)C(=O)N1. The predicted octanol–water partition coefficient (Wildman–Crippen LogP) is 0.991. The summed E-state index contributed by atoms with van der Waals surface area (Å²) in [4.78, 5) is 61.0. The lowest BCUT2D eigenvalue weighted by Gasteiger charge is -2.27. The van der Waals surface area contributed by atoms with Crippen molar-refractivity contribution < 1.29 is 33.5 Å². The fraction of sp³-hybridized carbons (Fsp3) is 0.211. The van der Waals surface area contributed by atoms with Gasteiger partial charge < -0.3 is 14.8 Å². The lowest BCUT2D eigenvalue weighted by Crippen LogP contribution is -2.54. The molecule has 4 amide bonds. The molecule has 0 radical (unpaired) electrons. The number of hydrogen-bond acceptors (Lipinski definition) is 7. The molecule has 0 aliphatic carbocycles. The number of carbonyl (C=O) groups is 5. The molecule has 4 rings (SSSR count). The Morgan fingerprint density at radius 3 is 2.66 bits per heavy atom. The number of benzene rings is 1. The minimum atomic E-state index is -1.20. The van der Waals surface area contributed by atoms with Gasteiger partial charge in [-0.3, -0.25) is 29.4 Å². The van der Waals surface area contributed by atoms with Crippen molar-refractivity contribution in [1.29, 1.82) is 0 Å². The molecule has 1 atom stereocenters. The van der Waals surface area contributed by atoms with Crippen LogP contribution in [-0.2, 0) is 16.1 Å². The molecule has 0 bridgehead atoms. The van der Waals surface area contributed by atoms with E-state index in [1.54, 1.807) is 12.1 Å². The molecule has 2 aromatic rings.